The lowest BCUT2D eigenvalue weighted by atomic mass is 10.0. The number of aryl methyl sites for hydroxylation is 1. The summed E-state index contributed by atoms with van der Waals surface area (Å²) in [6.45, 7) is 0.841. The first-order valence-corrected chi connectivity index (χ1v) is 6.07. The van der Waals surface area contributed by atoms with Crippen molar-refractivity contribution in [3.8, 4) is 0 Å². The molecule has 2 nitrogen and oxygen atoms in total. The van der Waals surface area contributed by atoms with E-state index in [0.29, 0.717) is 0 Å². The lowest BCUT2D eigenvalue weighted by Gasteiger charge is -2.09. The molecule has 0 saturated heterocycles. The average molecular weight is 219 g/mol. The van der Waals surface area contributed by atoms with Gasteiger partial charge in [0.05, 0.1) is 0 Å². The Hall–Kier alpha value is -0.860. The third-order valence-electron chi connectivity index (χ3n) is 3.29. The zero-order chi connectivity index (χ0) is 11.4. The molecule has 2 N–H and O–H groups in total. The maximum absolute atomic E-state index is 6.10. The predicted molar refractivity (Wildman–Crippen MR) is 66.5 cm³/mol. The largest absolute Gasteiger partial charge is 0.385 e. The van der Waals surface area contributed by atoms with E-state index >= 15 is 0 Å². The van der Waals surface area contributed by atoms with Crippen LogP contribution in [0.1, 0.15) is 30.4 Å². The second-order valence-electron chi connectivity index (χ2n) is 4.95. The monoisotopic (exact) mass is 219 g/mol. The van der Waals surface area contributed by atoms with Crippen molar-refractivity contribution in [3.05, 3.63) is 35.4 Å². The Morgan fingerprint density at radius 3 is 2.38 bits per heavy atom. The number of ether oxygens (including phenoxy) is 1. The van der Waals surface area contributed by atoms with Crippen molar-refractivity contribution >= 4 is 0 Å². The highest BCUT2D eigenvalue weighted by atomic mass is 16.5. The maximum Gasteiger partial charge on any atom is 0.0465 e. The normalized spacial score (nSPS) is 17.4. The van der Waals surface area contributed by atoms with Crippen molar-refractivity contribution in [2.45, 2.75) is 37.6 Å². The zero-order valence-electron chi connectivity index (χ0n) is 10.0. The van der Waals surface area contributed by atoms with Gasteiger partial charge in [0.15, 0.2) is 0 Å². The molecule has 1 fully saturated rings. The summed E-state index contributed by atoms with van der Waals surface area (Å²) in [5.74, 6) is 0. The molecule has 1 aliphatic carbocycles. The fourth-order valence-corrected chi connectivity index (χ4v) is 1.99. The van der Waals surface area contributed by atoms with E-state index in [1.54, 1.807) is 7.11 Å². The molecule has 0 bridgehead atoms. The molecule has 88 valence electrons. The van der Waals surface area contributed by atoms with Gasteiger partial charge in [-0.25, -0.2) is 0 Å². The standard InChI is InChI=1S/C14H21NO/c1-16-10-2-3-12-4-6-13(7-5-12)11-14(15)8-9-14/h4-7H,2-3,8-11,15H2,1H3. The summed E-state index contributed by atoms with van der Waals surface area (Å²) >= 11 is 0. The Labute approximate surface area is 97.8 Å². The van der Waals surface area contributed by atoms with E-state index in [9.17, 15) is 0 Å². The number of nitrogens with two attached hydrogens (primary N) is 1. The van der Waals surface area contributed by atoms with Gasteiger partial charge >= 0.3 is 0 Å². The summed E-state index contributed by atoms with van der Waals surface area (Å²) in [5, 5.41) is 0. The number of methoxy groups -OCH3 is 1. The Morgan fingerprint density at radius 1 is 1.19 bits per heavy atom. The fourth-order valence-electron chi connectivity index (χ4n) is 1.99. The molecule has 1 aromatic carbocycles. The summed E-state index contributed by atoms with van der Waals surface area (Å²) in [4.78, 5) is 0. The Balaban J connectivity index is 1.84. The van der Waals surface area contributed by atoms with E-state index in [0.717, 1.165) is 25.9 Å². The van der Waals surface area contributed by atoms with Crippen LogP contribution in [0.4, 0.5) is 0 Å². The summed E-state index contributed by atoms with van der Waals surface area (Å²) in [6, 6.07) is 8.87. The van der Waals surface area contributed by atoms with Crippen LogP contribution in [0, 0.1) is 0 Å². The summed E-state index contributed by atoms with van der Waals surface area (Å²) < 4.78 is 5.04. The van der Waals surface area contributed by atoms with Crippen molar-refractivity contribution in [1.82, 2.24) is 0 Å². The molecule has 2 heteroatoms. The first-order valence-electron chi connectivity index (χ1n) is 6.07. The van der Waals surface area contributed by atoms with E-state index in [-0.39, 0.29) is 5.54 Å². The molecule has 0 aromatic heterocycles. The molecule has 16 heavy (non-hydrogen) atoms. The van der Waals surface area contributed by atoms with Crippen LogP contribution in [0.15, 0.2) is 24.3 Å². The van der Waals surface area contributed by atoms with Crippen LogP contribution < -0.4 is 5.73 Å². The second-order valence-corrected chi connectivity index (χ2v) is 4.95. The SMILES string of the molecule is COCCCc1ccc(CC2(N)CC2)cc1. The van der Waals surface area contributed by atoms with Crippen LogP contribution in [-0.4, -0.2) is 19.3 Å². The van der Waals surface area contributed by atoms with Gasteiger partial charge in [0.25, 0.3) is 0 Å². The summed E-state index contributed by atoms with van der Waals surface area (Å²) in [6.07, 6.45) is 5.59. The van der Waals surface area contributed by atoms with Gasteiger partial charge in [0, 0.05) is 19.3 Å². The molecule has 2 rings (SSSR count). The van der Waals surface area contributed by atoms with Crippen LogP contribution in [0.25, 0.3) is 0 Å². The van der Waals surface area contributed by atoms with Gasteiger partial charge in [-0.05, 0) is 43.2 Å². The van der Waals surface area contributed by atoms with E-state index in [1.807, 2.05) is 0 Å². The van der Waals surface area contributed by atoms with Crippen molar-refractivity contribution in [3.63, 3.8) is 0 Å². The molecule has 0 unspecified atom stereocenters. The maximum atomic E-state index is 6.10. The van der Waals surface area contributed by atoms with Crippen LogP contribution in [0.3, 0.4) is 0 Å². The highest BCUT2D eigenvalue weighted by Crippen LogP contribution is 2.35. The topological polar surface area (TPSA) is 35.2 Å². The van der Waals surface area contributed by atoms with Gasteiger partial charge in [-0.15, -0.1) is 0 Å². The van der Waals surface area contributed by atoms with E-state index in [2.05, 4.69) is 24.3 Å². The minimum atomic E-state index is 0.123. The van der Waals surface area contributed by atoms with Crippen LogP contribution in [0.2, 0.25) is 0 Å². The molecule has 1 saturated carbocycles. The lowest BCUT2D eigenvalue weighted by molar-refractivity contribution is 0.195. The van der Waals surface area contributed by atoms with Gasteiger partial charge in [-0.1, -0.05) is 24.3 Å². The molecular weight excluding hydrogens is 198 g/mol. The quantitative estimate of drug-likeness (QED) is 0.745. The van der Waals surface area contributed by atoms with Crippen LogP contribution in [-0.2, 0) is 17.6 Å². The summed E-state index contributed by atoms with van der Waals surface area (Å²) in [7, 11) is 1.75. The Morgan fingerprint density at radius 2 is 1.81 bits per heavy atom. The van der Waals surface area contributed by atoms with Crippen molar-refractivity contribution in [1.29, 1.82) is 0 Å². The van der Waals surface area contributed by atoms with Gasteiger partial charge in [0.2, 0.25) is 0 Å². The molecule has 0 amide bonds. The van der Waals surface area contributed by atoms with E-state index in [1.165, 1.54) is 24.0 Å². The average Bonchev–Trinajstić information content (AvgIpc) is 2.99. The molecule has 0 heterocycles. The van der Waals surface area contributed by atoms with Gasteiger partial charge in [-0.2, -0.15) is 0 Å². The number of rotatable bonds is 6. The first-order chi connectivity index (χ1) is 7.72. The lowest BCUT2D eigenvalue weighted by Crippen LogP contribution is -2.24. The fraction of sp³-hybridized carbons (Fsp3) is 0.571. The van der Waals surface area contributed by atoms with Crippen molar-refractivity contribution < 1.29 is 4.74 Å². The Kier molecular flexibility index (Phi) is 3.62. The van der Waals surface area contributed by atoms with E-state index in [4.69, 9.17) is 10.5 Å². The smallest absolute Gasteiger partial charge is 0.0465 e. The number of hydrogen-bond donors (Lipinski definition) is 1. The third-order valence-corrected chi connectivity index (χ3v) is 3.29. The minimum Gasteiger partial charge on any atom is -0.385 e. The highest BCUT2D eigenvalue weighted by Gasteiger charge is 2.37. The number of hydrogen-bond acceptors (Lipinski definition) is 2. The van der Waals surface area contributed by atoms with Gasteiger partial charge in [0.1, 0.15) is 0 Å². The minimum absolute atomic E-state index is 0.123. The highest BCUT2D eigenvalue weighted by molar-refractivity contribution is 5.25. The third kappa shape index (κ3) is 3.32. The van der Waals surface area contributed by atoms with Crippen LogP contribution in [0.5, 0.6) is 0 Å². The number of benzene rings is 1. The molecule has 0 aliphatic heterocycles. The molecular formula is C14H21NO. The molecule has 1 aromatic rings. The van der Waals surface area contributed by atoms with Gasteiger partial charge in [-0.3, -0.25) is 0 Å². The molecule has 0 atom stereocenters. The van der Waals surface area contributed by atoms with Crippen LogP contribution >= 0.6 is 0 Å². The molecule has 0 radical (unpaired) electrons. The zero-order valence-corrected chi connectivity index (χ0v) is 10.0. The van der Waals surface area contributed by atoms with Crippen molar-refractivity contribution in [2.75, 3.05) is 13.7 Å². The second kappa shape index (κ2) is 4.98. The Bertz CT molecular complexity index is 327. The van der Waals surface area contributed by atoms with E-state index < -0.39 is 0 Å². The van der Waals surface area contributed by atoms with Gasteiger partial charge < -0.3 is 10.5 Å². The first kappa shape index (κ1) is 11.6. The predicted octanol–water partition coefficient (Wildman–Crippen LogP) is 2.30. The van der Waals surface area contributed by atoms with Crippen molar-refractivity contribution in [2.24, 2.45) is 5.73 Å². The molecule has 0 spiro atoms. The molecule has 1 aliphatic rings. The summed E-state index contributed by atoms with van der Waals surface area (Å²) in [5.41, 5.74) is 8.98.